The maximum absolute atomic E-state index is 13.5. The lowest BCUT2D eigenvalue weighted by Gasteiger charge is -2.59. The SMILES string of the molecule is O=Cc1cc(F)ccc1Oc1cncnc1N1CC2(CC(Oc3ccnc4c3CN(C3CNC3)CC4)C2)C1. The van der Waals surface area contributed by atoms with Crippen molar-refractivity contribution in [2.75, 3.05) is 37.6 Å². The van der Waals surface area contributed by atoms with E-state index in [-0.39, 0.29) is 22.8 Å². The number of fused-ring (bicyclic) bond motifs is 1. The van der Waals surface area contributed by atoms with Crippen molar-refractivity contribution in [3.05, 3.63) is 65.6 Å². The minimum absolute atomic E-state index is 0.143. The Kier molecular flexibility index (Phi) is 5.74. The quantitative estimate of drug-likeness (QED) is 0.476. The van der Waals surface area contributed by atoms with Gasteiger partial charge in [-0.05, 0) is 37.1 Å². The zero-order chi connectivity index (χ0) is 25.7. The first-order valence-electron chi connectivity index (χ1n) is 13.1. The van der Waals surface area contributed by atoms with Crippen molar-refractivity contribution in [3.8, 4) is 17.2 Å². The molecule has 3 aliphatic heterocycles. The minimum Gasteiger partial charge on any atom is -0.490 e. The van der Waals surface area contributed by atoms with Crippen LogP contribution in [0.3, 0.4) is 0 Å². The molecule has 1 spiro atoms. The van der Waals surface area contributed by atoms with Crippen molar-refractivity contribution < 1.29 is 18.7 Å². The van der Waals surface area contributed by atoms with E-state index in [0.29, 0.717) is 23.9 Å². The Morgan fingerprint density at radius 1 is 1.11 bits per heavy atom. The highest BCUT2D eigenvalue weighted by Gasteiger charge is 2.54. The van der Waals surface area contributed by atoms with Crippen molar-refractivity contribution >= 4 is 12.1 Å². The van der Waals surface area contributed by atoms with Gasteiger partial charge in [-0.15, -0.1) is 0 Å². The number of ether oxygens (including phenoxy) is 2. The van der Waals surface area contributed by atoms with Crippen LogP contribution in [0.4, 0.5) is 10.2 Å². The number of rotatable bonds is 7. The van der Waals surface area contributed by atoms with Gasteiger partial charge < -0.3 is 19.7 Å². The summed E-state index contributed by atoms with van der Waals surface area (Å²) in [7, 11) is 0. The minimum atomic E-state index is -0.490. The van der Waals surface area contributed by atoms with Gasteiger partial charge in [-0.1, -0.05) is 0 Å². The molecule has 2 aromatic heterocycles. The maximum Gasteiger partial charge on any atom is 0.188 e. The average Bonchev–Trinajstić information content (AvgIpc) is 2.85. The standard InChI is InChI=1S/C28H29FN6O3/c29-19-1-2-24(18(7-19)14-36)38-26-12-31-17-33-27(26)35-15-28(16-35)8-21(9-28)37-25-3-5-32-23-4-6-34(13-22(23)25)20-10-30-11-20/h1-3,5,7,12,14,17,20-21,30H,4,6,8-11,13,15-16H2. The number of hydrogen-bond acceptors (Lipinski definition) is 9. The van der Waals surface area contributed by atoms with E-state index in [1.54, 1.807) is 6.20 Å². The van der Waals surface area contributed by atoms with E-state index in [2.05, 4.69) is 30.1 Å². The molecule has 1 saturated carbocycles. The van der Waals surface area contributed by atoms with Gasteiger partial charge >= 0.3 is 0 Å². The normalized spacial score (nSPS) is 20.7. The fourth-order valence-corrected chi connectivity index (χ4v) is 6.17. The van der Waals surface area contributed by atoms with Crippen molar-refractivity contribution in [3.63, 3.8) is 0 Å². The molecule has 10 heteroatoms. The second-order valence-corrected chi connectivity index (χ2v) is 10.9. The van der Waals surface area contributed by atoms with E-state index in [4.69, 9.17) is 9.47 Å². The van der Waals surface area contributed by atoms with E-state index in [9.17, 15) is 9.18 Å². The summed E-state index contributed by atoms with van der Waals surface area (Å²) < 4.78 is 26.0. The molecule has 5 heterocycles. The Hall–Kier alpha value is -3.63. The first-order chi connectivity index (χ1) is 18.6. The summed E-state index contributed by atoms with van der Waals surface area (Å²) in [6.07, 6.45) is 8.67. The molecule has 2 saturated heterocycles. The van der Waals surface area contributed by atoms with Crippen LogP contribution in [0.15, 0.2) is 43.0 Å². The van der Waals surface area contributed by atoms with Gasteiger partial charge in [0.15, 0.2) is 17.9 Å². The highest BCUT2D eigenvalue weighted by Crippen LogP contribution is 2.52. The molecular formula is C28H29FN6O3. The third-order valence-corrected chi connectivity index (χ3v) is 8.32. The van der Waals surface area contributed by atoms with Crippen LogP contribution in [-0.2, 0) is 13.0 Å². The van der Waals surface area contributed by atoms with Gasteiger partial charge in [0.1, 0.15) is 29.7 Å². The van der Waals surface area contributed by atoms with Gasteiger partial charge in [-0.25, -0.2) is 14.4 Å². The molecular weight excluding hydrogens is 487 g/mol. The molecule has 0 radical (unpaired) electrons. The van der Waals surface area contributed by atoms with Crippen molar-refractivity contribution in [2.45, 2.75) is 38.0 Å². The predicted molar refractivity (Wildman–Crippen MR) is 137 cm³/mol. The Labute approximate surface area is 220 Å². The van der Waals surface area contributed by atoms with Crippen LogP contribution in [0.5, 0.6) is 17.2 Å². The van der Waals surface area contributed by atoms with Crippen molar-refractivity contribution in [2.24, 2.45) is 5.41 Å². The van der Waals surface area contributed by atoms with Crippen LogP contribution in [0.25, 0.3) is 0 Å². The molecule has 0 unspecified atom stereocenters. The van der Waals surface area contributed by atoms with Crippen LogP contribution in [-0.4, -0.2) is 71.0 Å². The van der Waals surface area contributed by atoms with Gasteiger partial charge in [0.05, 0.1) is 11.8 Å². The molecule has 4 aliphatic rings. The third-order valence-electron chi connectivity index (χ3n) is 8.32. The van der Waals surface area contributed by atoms with E-state index in [1.807, 2.05) is 12.3 Å². The van der Waals surface area contributed by atoms with E-state index < -0.39 is 5.82 Å². The summed E-state index contributed by atoms with van der Waals surface area (Å²) in [5, 5.41) is 3.37. The number of aromatic nitrogens is 3. The number of carbonyl (C=O) groups excluding carboxylic acids is 1. The number of anilines is 1. The molecule has 9 nitrogen and oxygen atoms in total. The van der Waals surface area contributed by atoms with Gasteiger partial charge in [-0.2, -0.15) is 0 Å². The zero-order valence-electron chi connectivity index (χ0n) is 21.0. The van der Waals surface area contributed by atoms with Gasteiger partial charge in [-0.3, -0.25) is 14.7 Å². The maximum atomic E-state index is 13.5. The second-order valence-electron chi connectivity index (χ2n) is 10.9. The summed E-state index contributed by atoms with van der Waals surface area (Å²) in [6.45, 7) is 5.79. The van der Waals surface area contributed by atoms with Crippen molar-refractivity contribution in [1.29, 1.82) is 0 Å². The molecule has 0 atom stereocenters. The van der Waals surface area contributed by atoms with Crippen LogP contribution in [0.1, 0.15) is 34.5 Å². The molecule has 1 aromatic carbocycles. The molecule has 7 rings (SSSR count). The highest BCUT2D eigenvalue weighted by atomic mass is 19.1. The summed E-state index contributed by atoms with van der Waals surface area (Å²) in [5.74, 6) is 1.89. The molecule has 3 fully saturated rings. The molecule has 0 bridgehead atoms. The van der Waals surface area contributed by atoms with Crippen LogP contribution in [0.2, 0.25) is 0 Å². The van der Waals surface area contributed by atoms with Crippen LogP contribution >= 0.6 is 0 Å². The monoisotopic (exact) mass is 516 g/mol. The number of pyridine rings is 1. The highest BCUT2D eigenvalue weighted by molar-refractivity contribution is 5.79. The summed E-state index contributed by atoms with van der Waals surface area (Å²) in [4.78, 5) is 29.3. The van der Waals surface area contributed by atoms with E-state index in [0.717, 1.165) is 70.3 Å². The topological polar surface area (TPSA) is 92.7 Å². The molecule has 38 heavy (non-hydrogen) atoms. The zero-order valence-corrected chi connectivity index (χ0v) is 21.0. The smallest absolute Gasteiger partial charge is 0.188 e. The fourth-order valence-electron chi connectivity index (χ4n) is 6.17. The number of halogens is 1. The first kappa shape index (κ1) is 23.5. The van der Waals surface area contributed by atoms with Gasteiger partial charge in [0, 0.05) is 74.6 Å². The van der Waals surface area contributed by atoms with Gasteiger partial charge in [0.2, 0.25) is 0 Å². The molecule has 196 valence electrons. The lowest BCUT2D eigenvalue weighted by molar-refractivity contribution is -0.0354. The first-order valence-corrected chi connectivity index (χ1v) is 13.1. The number of aldehydes is 1. The van der Waals surface area contributed by atoms with Crippen LogP contribution in [0, 0.1) is 11.2 Å². The molecule has 3 aromatic rings. The summed E-state index contributed by atoms with van der Waals surface area (Å²) in [6, 6.07) is 6.50. The second kappa shape index (κ2) is 9.28. The molecule has 1 N–H and O–H groups in total. The lowest BCUT2D eigenvalue weighted by Crippen LogP contribution is -2.65. The van der Waals surface area contributed by atoms with Gasteiger partial charge in [0.25, 0.3) is 0 Å². The number of hydrogen-bond donors (Lipinski definition) is 1. The average molecular weight is 517 g/mol. The number of nitrogens with one attached hydrogen (secondary N) is 1. The van der Waals surface area contributed by atoms with Crippen molar-refractivity contribution in [1.82, 2.24) is 25.2 Å². The lowest BCUT2D eigenvalue weighted by atomic mass is 9.61. The molecule has 1 aliphatic carbocycles. The van der Waals surface area contributed by atoms with E-state index >= 15 is 0 Å². The Morgan fingerprint density at radius 3 is 2.76 bits per heavy atom. The largest absolute Gasteiger partial charge is 0.490 e. The number of nitrogens with zero attached hydrogens (tertiary/aromatic N) is 5. The molecule has 0 amide bonds. The number of benzene rings is 1. The number of carbonyl (C=O) groups is 1. The summed E-state index contributed by atoms with van der Waals surface area (Å²) in [5.41, 5.74) is 2.77. The third kappa shape index (κ3) is 4.17. The Morgan fingerprint density at radius 2 is 1.97 bits per heavy atom. The summed E-state index contributed by atoms with van der Waals surface area (Å²) >= 11 is 0. The predicted octanol–water partition coefficient (Wildman–Crippen LogP) is 2.99. The Bertz CT molecular complexity index is 1370. The fraction of sp³-hybridized carbons (Fsp3) is 0.429. The van der Waals surface area contributed by atoms with Crippen LogP contribution < -0.4 is 19.7 Å². The van der Waals surface area contributed by atoms with E-state index in [1.165, 1.54) is 29.7 Å². The Balaban J connectivity index is 0.988.